The minimum atomic E-state index is -3.30. The highest BCUT2D eigenvalue weighted by Crippen LogP contribution is 2.20. The molecule has 1 N–H and O–H groups in total. The normalized spacial score (nSPS) is 21.5. The Kier molecular flexibility index (Phi) is 6.36. The molecule has 1 aliphatic rings. The van der Waals surface area contributed by atoms with E-state index in [1.807, 2.05) is 19.0 Å². The summed E-state index contributed by atoms with van der Waals surface area (Å²) >= 11 is 0. The molecule has 1 amide bonds. The third kappa shape index (κ3) is 5.94. The predicted octanol–water partition coefficient (Wildman–Crippen LogP) is 0.142. The van der Waals surface area contributed by atoms with Gasteiger partial charge in [-0.05, 0) is 38.4 Å². The van der Waals surface area contributed by atoms with Crippen molar-refractivity contribution in [3.63, 3.8) is 0 Å². The van der Waals surface area contributed by atoms with Crippen molar-refractivity contribution in [2.24, 2.45) is 5.92 Å². The van der Waals surface area contributed by atoms with Crippen LogP contribution in [0.5, 0.6) is 5.75 Å². The average molecular weight is 373 g/mol. The lowest BCUT2D eigenvalue weighted by molar-refractivity contribution is -0.124. The Morgan fingerprint density at radius 2 is 1.96 bits per heavy atom. The molecule has 7 nitrogen and oxygen atoms in total. The van der Waals surface area contributed by atoms with Gasteiger partial charge in [0, 0.05) is 31.6 Å². The smallest absolute Gasteiger partial charge is 0.258 e. The second-order valence-corrected chi connectivity index (χ2v) is 8.50. The zero-order valence-corrected chi connectivity index (χ0v) is 15.4. The third-order valence-corrected chi connectivity index (χ3v) is 5.24. The summed E-state index contributed by atoms with van der Waals surface area (Å²) in [5.74, 6) is -0.325. The molecule has 0 radical (unpaired) electrons. The number of amides is 1. The Balaban J connectivity index is 1.93. The third-order valence-electron chi connectivity index (χ3n) is 4.01. The Hall–Kier alpha value is -1.71. The van der Waals surface area contributed by atoms with Gasteiger partial charge in [0.2, 0.25) is 10.0 Å². The molecule has 0 bridgehead atoms. The minimum absolute atomic E-state index is 0.000467. The highest BCUT2D eigenvalue weighted by atomic mass is 32.2. The van der Waals surface area contributed by atoms with Crippen LogP contribution in [0.2, 0.25) is 0 Å². The molecule has 1 saturated heterocycles. The second-order valence-electron chi connectivity index (χ2n) is 6.52. The van der Waals surface area contributed by atoms with Crippen molar-refractivity contribution in [3.8, 4) is 5.75 Å². The predicted molar refractivity (Wildman–Crippen MR) is 92.3 cm³/mol. The Labute approximate surface area is 147 Å². The molecule has 1 aromatic rings. The number of hydrogen-bond donors (Lipinski definition) is 1. The molecule has 1 heterocycles. The minimum Gasteiger partial charge on any atom is -0.484 e. The fourth-order valence-corrected chi connectivity index (χ4v) is 3.74. The lowest BCUT2D eigenvalue weighted by atomic mass is 10.0. The van der Waals surface area contributed by atoms with Crippen molar-refractivity contribution in [1.29, 1.82) is 0 Å². The Bertz CT molecular complexity index is 694. The average Bonchev–Trinajstić information content (AvgIpc) is 2.89. The van der Waals surface area contributed by atoms with Crippen LogP contribution in [0.25, 0.3) is 0 Å². The van der Waals surface area contributed by atoms with E-state index in [2.05, 4.69) is 5.32 Å². The van der Waals surface area contributed by atoms with Crippen molar-refractivity contribution in [2.75, 3.05) is 46.6 Å². The molecule has 2 rings (SSSR count). The number of ether oxygens (including phenoxy) is 1. The van der Waals surface area contributed by atoms with Crippen LogP contribution < -0.4 is 10.1 Å². The van der Waals surface area contributed by atoms with Crippen LogP contribution in [0, 0.1) is 11.7 Å². The van der Waals surface area contributed by atoms with Crippen LogP contribution in [0.3, 0.4) is 0 Å². The maximum absolute atomic E-state index is 12.8. The fraction of sp³-hybridized carbons (Fsp3) is 0.562. The van der Waals surface area contributed by atoms with Crippen LogP contribution in [0.4, 0.5) is 4.39 Å². The molecule has 0 spiro atoms. The van der Waals surface area contributed by atoms with Crippen molar-refractivity contribution >= 4 is 15.9 Å². The first-order valence-corrected chi connectivity index (χ1v) is 9.77. The molecule has 1 aliphatic heterocycles. The van der Waals surface area contributed by atoms with Crippen LogP contribution in [0.1, 0.15) is 0 Å². The zero-order chi connectivity index (χ0) is 18.6. The number of benzene rings is 1. The summed E-state index contributed by atoms with van der Waals surface area (Å²) in [6.45, 7) is 1.08. The van der Waals surface area contributed by atoms with E-state index in [-0.39, 0.29) is 36.8 Å². The molecule has 25 heavy (non-hydrogen) atoms. The first kappa shape index (κ1) is 19.6. The molecule has 0 saturated carbocycles. The number of carbonyl (C=O) groups is 1. The number of halogens is 1. The molecule has 0 aromatic heterocycles. The van der Waals surface area contributed by atoms with Crippen LogP contribution >= 0.6 is 0 Å². The first-order chi connectivity index (χ1) is 11.6. The van der Waals surface area contributed by atoms with Crippen molar-refractivity contribution in [1.82, 2.24) is 14.5 Å². The van der Waals surface area contributed by atoms with Crippen molar-refractivity contribution < 1.29 is 22.3 Å². The summed E-state index contributed by atoms with van der Waals surface area (Å²) in [5.41, 5.74) is 0. The number of carbonyl (C=O) groups excluding carboxylic acids is 1. The fourth-order valence-electron chi connectivity index (χ4n) is 2.85. The summed E-state index contributed by atoms with van der Waals surface area (Å²) in [5, 5.41) is 2.85. The van der Waals surface area contributed by atoms with E-state index in [0.717, 1.165) is 0 Å². The Morgan fingerprint density at radius 1 is 1.32 bits per heavy atom. The van der Waals surface area contributed by atoms with Gasteiger partial charge in [0.1, 0.15) is 11.6 Å². The topological polar surface area (TPSA) is 79.0 Å². The highest BCUT2D eigenvalue weighted by molar-refractivity contribution is 7.88. The van der Waals surface area contributed by atoms with E-state index in [1.54, 1.807) is 0 Å². The second kappa shape index (κ2) is 8.11. The molecule has 9 heteroatoms. The summed E-state index contributed by atoms with van der Waals surface area (Å²) in [6.07, 6.45) is 1.17. The molecule has 0 unspecified atom stereocenters. The summed E-state index contributed by atoms with van der Waals surface area (Å²) in [6, 6.07) is 5.11. The van der Waals surface area contributed by atoms with Crippen LogP contribution in [0.15, 0.2) is 24.3 Å². The van der Waals surface area contributed by atoms with Crippen molar-refractivity contribution in [2.45, 2.75) is 6.04 Å². The van der Waals surface area contributed by atoms with Crippen LogP contribution in [-0.4, -0.2) is 76.2 Å². The lowest BCUT2D eigenvalue weighted by Crippen LogP contribution is -2.45. The molecule has 1 fully saturated rings. The number of hydrogen-bond acceptors (Lipinski definition) is 5. The maximum atomic E-state index is 12.8. The van der Waals surface area contributed by atoms with E-state index in [9.17, 15) is 17.6 Å². The van der Waals surface area contributed by atoms with Gasteiger partial charge >= 0.3 is 0 Å². The molecule has 1 aromatic carbocycles. The monoisotopic (exact) mass is 373 g/mol. The van der Waals surface area contributed by atoms with Gasteiger partial charge in [0.05, 0.1) is 6.26 Å². The molecule has 2 atom stereocenters. The van der Waals surface area contributed by atoms with Crippen LogP contribution in [-0.2, 0) is 14.8 Å². The van der Waals surface area contributed by atoms with Gasteiger partial charge in [-0.25, -0.2) is 12.8 Å². The van der Waals surface area contributed by atoms with Gasteiger partial charge in [-0.15, -0.1) is 0 Å². The number of rotatable bonds is 7. The van der Waals surface area contributed by atoms with E-state index in [0.29, 0.717) is 18.8 Å². The van der Waals surface area contributed by atoms with Gasteiger partial charge in [0.25, 0.3) is 5.91 Å². The van der Waals surface area contributed by atoms with Gasteiger partial charge < -0.3 is 15.0 Å². The first-order valence-electron chi connectivity index (χ1n) is 7.92. The molecular weight excluding hydrogens is 349 g/mol. The quantitative estimate of drug-likeness (QED) is 0.736. The largest absolute Gasteiger partial charge is 0.484 e. The summed E-state index contributed by atoms with van der Waals surface area (Å²) < 4.78 is 43.1. The van der Waals surface area contributed by atoms with Gasteiger partial charge in [-0.1, -0.05) is 0 Å². The maximum Gasteiger partial charge on any atom is 0.258 e. The van der Waals surface area contributed by atoms with Gasteiger partial charge in [-0.2, -0.15) is 4.31 Å². The number of sulfonamides is 1. The van der Waals surface area contributed by atoms with Gasteiger partial charge in [0.15, 0.2) is 6.61 Å². The SMILES string of the molecule is CN(C)C[C@@H]1CN(S(C)(=O)=O)C[C@H]1NC(=O)COc1ccc(F)cc1. The number of nitrogens with one attached hydrogen (secondary N) is 1. The van der Waals surface area contributed by atoms with E-state index < -0.39 is 10.0 Å². The number of nitrogens with zero attached hydrogens (tertiary/aromatic N) is 2. The van der Waals surface area contributed by atoms with Crippen molar-refractivity contribution in [3.05, 3.63) is 30.1 Å². The highest BCUT2D eigenvalue weighted by Gasteiger charge is 2.37. The summed E-state index contributed by atoms with van der Waals surface area (Å²) in [4.78, 5) is 14.1. The molecule has 140 valence electrons. The zero-order valence-electron chi connectivity index (χ0n) is 14.6. The van der Waals surface area contributed by atoms with E-state index >= 15 is 0 Å². The lowest BCUT2D eigenvalue weighted by Gasteiger charge is -2.22. The standard InChI is InChI=1S/C16H24FN3O4S/c1-19(2)8-12-9-20(25(3,22)23)10-15(12)18-16(21)11-24-14-6-4-13(17)5-7-14/h4-7,12,15H,8-11H2,1-3H3,(H,18,21)/t12-,15-/m1/s1. The van der Waals surface area contributed by atoms with E-state index in [1.165, 1.54) is 34.8 Å². The van der Waals surface area contributed by atoms with Gasteiger partial charge in [-0.3, -0.25) is 4.79 Å². The Morgan fingerprint density at radius 3 is 2.52 bits per heavy atom. The summed E-state index contributed by atoms with van der Waals surface area (Å²) in [7, 11) is 0.502. The molecule has 0 aliphatic carbocycles. The van der Waals surface area contributed by atoms with E-state index in [4.69, 9.17) is 4.74 Å². The molecular formula is C16H24FN3O4S.